The van der Waals surface area contributed by atoms with E-state index in [1.165, 1.54) is 47.4 Å². The largest absolute Gasteiger partial charge is 0.508 e. The number of aromatic hydroxyl groups is 2. The van der Waals surface area contributed by atoms with Crippen LogP contribution in [0.25, 0.3) is 27.8 Å². The number of hydrogen-bond donors (Lipinski definition) is 3. The Morgan fingerprint density at radius 2 is 1.69 bits per heavy atom. The van der Waals surface area contributed by atoms with Crippen LogP contribution in [0.1, 0.15) is 54.5 Å². The van der Waals surface area contributed by atoms with Gasteiger partial charge in [-0.05, 0) is 136 Å². The number of benzene rings is 4. The van der Waals surface area contributed by atoms with Gasteiger partial charge in [0.2, 0.25) is 0 Å². The van der Waals surface area contributed by atoms with Crippen LogP contribution in [-0.2, 0) is 19.5 Å². The molecule has 13 nitrogen and oxygen atoms in total. The van der Waals surface area contributed by atoms with Crippen molar-refractivity contribution in [1.82, 2.24) is 39.4 Å². The Hall–Kier alpha value is -5.47. The van der Waals surface area contributed by atoms with Gasteiger partial charge in [-0.15, -0.1) is 0 Å². The van der Waals surface area contributed by atoms with Crippen LogP contribution in [0.3, 0.4) is 0 Å². The highest BCUT2D eigenvalue weighted by Gasteiger charge is 2.41. The predicted molar refractivity (Wildman–Crippen MR) is 242 cm³/mol. The molecule has 6 heterocycles. The fourth-order valence-corrected chi connectivity index (χ4v) is 10.7. The number of phenols is 2. The Kier molecular flexibility index (Phi) is 10.9. The van der Waals surface area contributed by atoms with Crippen molar-refractivity contribution in [3.05, 3.63) is 117 Å². The van der Waals surface area contributed by atoms with Crippen LogP contribution in [-0.4, -0.2) is 115 Å². The van der Waals surface area contributed by atoms with Crippen molar-refractivity contribution in [2.24, 2.45) is 5.41 Å². The Bertz CT molecular complexity index is 2640. The molecule has 0 bridgehead atoms. The topological polar surface area (TPSA) is 139 Å². The van der Waals surface area contributed by atoms with Gasteiger partial charge in [0.15, 0.2) is 5.82 Å². The molecular formula is C48H54ClN9O4. The lowest BCUT2D eigenvalue weighted by molar-refractivity contribution is 0.0194. The summed E-state index contributed by atoms with van der Waals surface area (Å²) in [4.78, 5) is 32.5. The quantitative estimate of drug-likeness (QED) is 0.140. The molecule has 4 aliphatic rings. The van der Waals surface area contributed by atoms with E-state index in [-0.39, 0.29) is 11.5 Å². The number of halogens is 1. The monoisotopic (exact) mass is 855 g/mol. The molecule has 1 spiro atoms. The van der Waals surface area contributed by atoms with Crippen molar-refractivity contribution < 1.29 is 14.9 Å². The zero-order chi connectivity index (χ0) is 42.5. The van der Waals surface area contributed by atoms with E-state index in [9.17, 15) is 15.0 Å². The number of aromatic amines is 1. The average molecular weight is 856 g/mol. The third-order valence-corrected chi connectivity index (χ3v) is 14.6. The van der Waals surface area contributed by atoms with Crippen molar-refractivity contribution in [3.63, 3.8) is 0 Å². The summed E-state index contributed by atoms with van der Waals surface area (Å²) in [5.74, 6) is 0.131. The van der Waals surface area contributed by atoms with E-state index in [4.69, 9.17) is 21.3 Å². The maximum absolute atomic E-state index is 12.8. The highest BCUT2D eigenvalue weighted by molar-refractivity contribution is 6.36. The Balaban J connectivity index is 0.696. The highest BCUT2D eigenvalue weighted by atomic mass is 35.5. The molecule has 0 saturated carbocycles. The first-order chi connectivity index (χ1) is 30.1. The molecule has 3 saturated heterocycles. The second-order valence-electron chi connectivity index (χ2n) is 18.0. The standard InChI is InChI=1S/C48H54ClN9O4/c1-31-23-38(43(60)25-42(31)59)45-52-53-47(61)58(45)35-11-9-32(10-12-35)27-55-19-14-48(15-20-55)16-21-56(22-17-48)36-24-37(54(2)28-36)30-62-46-50-26-34-13-18-57(29-40(34)51-46)41-8-4-6-33-5-3-7-39(49)44(33)41/h3-12,23,25-26,36-37,59-60H,13-22,24,27-30H2,1-2H3,(H,53,61)/t36-,37-/m0/s1. The predicted octanol–water partition coefficient (Wildman–Crippen LogP) is 6.94. The van der Waals surface area contributed by atoms with Gasteiger partial charge in [0.05, 0.1) is 28.5 Å². The van der Waals surface area contributed by atoms with E-state index in [2.05, 4.69) is 78.2 Å². The Morgan fingerprint density at radius 1 is 0.935 bits per heavy atom. The minimum Gasteiger partial charge on any atom is -0.508 e. The first-order valence-corrected chi connectivity index (χ1v) is 22.3. The number of H-pyrrole nitrogens is 1. The van der Waals surface area contributed by atoms with Gasteiger partial charge in [-0.2, -0.15) is 10.1 Å². The number of aromatic nitrogens is 5. The van der Waals surface area contributed by atoms with Gasteiger partial charge >= 0.3 is 11.7 Å². The lowest BCUT2D eigenvalue weighted by atomic mass is 9.71. The average Bonchev–Trinajstić information content (AvgIpc) is 3.86. The van der Waals surface area contributed by atoms with E-state index in [0.29, 0.717) is 59.3 Å². The second kappa shape index (κ2) is 16.7. The summed E-state index contributed by atoms with van der Waals surface area (Å²) in [7, 11) is 2.22. The van der Waals surface area contributed by atoms with Crippen LogP contribution in [0.5, 0.6) is 17.5 Å². The lowest BCUT2D eigenvalue weighted by Crippen LogP contribution is -2.49. The number of nitrogens with one attached hydrogen (secondary N) is 1. The highest BCUT2D eigenvalue weighted by Crippen LogP contribution is 2.43. The van der Waals surface area contributed by atoms with E-state index in [1.807, 2.05) is 30.5 Å². The van der Waals surface area contributed by atoms with Gasteiger partial charge in [0.1, 0.15) is 18.1 Å². The van der Waals surface area contributed by atoms with Crippen molar-refractivity contribution in [2.75, 3.05) is 57.8 Å². The Labute approximate surface area is 366 Å². The molecule has 4 aromatic carbocycles. The normalized spacial score (nSPS) is 20.9. The van der Waals surface area contributed by atoms with Crippen LogP contribution >= 0.6 is 11.6 Å². The van der Waals surface area contributed by atoms with Crippen molar-refractivity contribution >= 4 is 28.1 Å². The number of aryl methyl sites for hydroxylation is 1. The molecule has 6 aromatic rings. The van der Waals surface area contributed by atoms with Crippen LogP contribution in [0.4, 0.5) is 5.69 Å². The molecule has 0 amide bonds. The first-order valence-electron chi connectivity index (χ1n) is 22.0. The molecule has 0 radical (unpaired) electrons. The molecule has 14 heteroatoms. The van der Waals surface area contributed by atoms with Gasteiger partial charge < -0.3 is 19.8 Å². The fourth-order valence-electron chi connectivity index (χ4n) is 10.4. The number of likely N-dealkylation sites (N-methyl/N-ethyl adjacent to an activating group) is 1. The number of ether oxygens (including phenoxy) is 1. The number of phenolic OH excluding ortho intramolecular Hbond substituents is 2. The Morgan fingerprint density at radius 3 is 2.48 bits per heavy atom. The molecule has 62 heavy (non-hydrogen) atoms. The smallest absolute Gasteiger partial charge is 0.348 e. The van der Waals surface area contributed by atoms with Crippen molar-refractivity contribution in [2.45, 2.75) is 70.6 Å². The number of rotatable bonds is 9. The van der Waals surface area contributed by atoms with Gasteiger partial charge in [-0.1, -0.05) is 48.0 Å². The molecule has 0 aliphatic carbocycles. The SMILES string of the molecule is Cc1cc(-c2n[nH]c(=O)n2-c2ccc(CN3CCC4(CC3)CCN([C@H]3C[C@@H](COc5ncc6c(n5)CN(c5cccc7cccc(Cl)c57)CC6)N(C)C3)CC4)cc2)c(O)cc1O. The summed E-state index contributed by atoms with van der Waals surface area (Å²) in [6.45, 7) is 10.3. The zero-order valence-electron chi connectivity index (χ0n) is 35.4. The molecule has 3 fully saturated rings. The summed E-state index contributed by atoms with van der Waals surface area (Å²) < 4.78 is 7.79. The third kappa shape index (κ3) is 7.91. The molecule has 4 aliphatic heterocycles. The van der Waals surface area contributed by atoms with Crippen LogP contribution in [0.2, 0.25) is 5.02 Å². The maximum Gasteiger partial charge on any atom is 0.348 e. The molecule has 0 unspecified atom stereocenters. The van der Waals surface area contributed by atoms with Gasteiger partial charge in [0, 0.05) is 55.1 Å². The summed E-state index contributed by atoms with van der Waals surface area (Å²) in [5.41, 5.74) is 6.17. The van der Waals surface area contributed by atoms with E-state index in [1.54, 1.807) is 13.0 Å². The second-order valence-corrected chi connectivity index (χ2v) is 18.4. The van der Waals surface area contributed by atoms with Crippen LogP contribution in [0.15, 0.2) is 83.8 Å². The summed E-state index contributed by atoms with van der Waals surface area (Å²) in [6, 6.07) is 24.7. The minimum absolute atomic E-state index is 0.0152. The number of fused-ring (bicyclic) bond motifs is 2. The van der Waals surface area contributed by atoms with Gasteiger partial charge in [-0.3, -0.25) is 14.7 Å². The molecule has 3 N–H and O–H groups in total. The number of nitrogens with zero attached hydrogens (tertiary/aromatic N) is 8. The van der Waals surface area contributed by atoms with E-state index < -0.39 is 5.69 Å². The summed E-state index contributed by atoms with van der Waals surface area (Å²) >= 11 is 6.69. The fraction of sp³-hybridized carbons (Fsp3) is 0.417. The zero-order valence-corrected chi connectivity index (χ0v) is 36.2. The van der Waals surface area contributed by atoms with Gasteiger partial charge in [0.25, 0.3) is 0 Å². The molecular weight excluding hydrogens is 802 g/mol. The lowest BCUT2D eigenvalue weighted by Gasteiger charge is -2.48. The van der Waals surface area contributed by atoms with Crippen molar-refractivity contribution in [3.8, 4) is 34.6 Å². The third-order valence-electron chi connectivity index (χ3n) is 14.3. The van der Waals surface area contributed by atoms with E-state index >= 15 is 0 Å². The molecule has 10 rings (SSSR count). The van der Waals surface area contributed by atoms with E-state index in [0.717, 1.165) is 85.8 Å². The number of anilines is 1. The summed E-state index contributed by atoms with van der Waals surface area (Å²) in [6.07, 6.45) is 8.86. The maximum atomic E-state index is 12.8. The molecule has 2 aromatic heterocycles. The van der Waals surface area contributed by atoms with Crippen LogP contribution in [0, 0.1) is 12.3 Å². The van der Waals surface area contributed by atoms with Gasteiger partial charge in [-0.25, -0.2) is 19.4 Å². The number of likely N-dealkylation sites (tertiary alicyclic amines) is 3. The van der Waals surface area contributed by atoms with Crippen molar-refractivity contribution in [1.29, 1.82) is 0 Å². The minimum atomic E-state index is -0.396. The molecule has 322 valence electrons. The molecule has 2 atom stereocenters. The first kappa shape index (κ1) is 40.6. The number of piperidine rings is 2. The van der Waals surface area contributed by atoms with Crippen LogP contribution < -0.4 is 15.3 Å². The number of hydrogen-bond acceptors (Lipinski definition) is 11. The summed E-state index contributed by atoms with van der Waals surface area (Å²) in [5, 5.41) is 30.2.